The molecule has 0 spiro atoms. The Labute approximate surface area is 133 Å². The van der Waals surface area contributed by atoms with E-state index in [1.165, 1.54) is 29.5 Å². The molecule has 0 aliphatic rings. The number of nitrogens with one attached hydrogen (secondary N) is 1. The monoisotopic (exact) mass is 347 g/mol. The van der Waals surface area contributed by atoms with E-state index in [2.05, 4.69) is 15.5 Å². The molecule has 1 atom stereocenters. The number of nitrogens with zero attached hydrogens (tertiary/aromatic N) is 2. The summed E-state index contributed by atoms with van der Waals surface area (Å²) in [6.45, 7) is 3.39. The van der Waals surface area contributed by atoms with Gasteiger partial charge in [-0.25, -0.2) is 0 Å². The van der Waals surface area contributed by atoms with Gasteiger partial charge in [-0.2, -0.15) is 13.2 Å². The molecule has 1 N–H and O–H groups in total. The molecule has 1 amide bonds. The lowest BCUT2D eigenvalue weighted by molar-refractivity contribution is -0.137. The first-order valence-electron chi connectivity index (χ1n) is 6.21. The van der Waals surface area contributed by atoms with Gasteiger partial charge >= 0.3 is 6.18 Å². The number of alkyl halides is 3. The van der Waals surface area contributed by atoms with Crippen molar-refractivity contribution < 1.29 is 18.0 Å². The molecule has 0 bridgehead atoms. The molecule has 118 valence electrons. The third-order valence-electron chi connectivity index (χ3n) is 2.64. The molecule has 1 heterocycles. The molecule has 0 saturated carbocycles. The number of halogens is 3. The third kappa shape index (κ3) is 4.20. The van der Waals surface area contributed by atoms with Crippen molar-refractivity contribution in [3.05, 3.63) is 34.8 Å². The molecule has 4 nitrogen and oxygen atoms in total. The lowest BCUT2D eigenvalue weighted by Crippen LogP contribution is -2.24. The summed E-state index contributed by atoms with van der Waals surface area (Å²) in [6.07, 6.45) is -4.52. The number of rotatable bonds is 4. The van der Waals surface area contributed by atoms with Crippen molar-refractivity contribution in [1.82, 2.24) is 10.2 Å². The van der Waals surface area contributed by atoms with Gasteiger partial charge in [0.2, 0.25) is 5.91 Å². The molecule has 0 saturated heterocycles. The van der Waals surface area contributed by atoms with Gasteiger partial charge in [0.1, 0.15) is 5.01 Å². The molecule has 2 rings (SSSR count). The van der Waals surface area contributed by atoms with Gasteiger partial charge in [0, 0.05) is 0 Å². The Balaban J connectivity index is 2.09. The summed E-state index contributed by atoms with van der Waals surface area (Å²) in [5.74, 6) is -0.519. The fraction of sp³-hybridized carbons (Fsp3) is 0.308. The van der Waals surface area contributed by atoms with Crippen molar-refractivity contribution in [2.24, 2.45) is 0 Å². The van der Waals surface area contributed by atoms with Gasteiger partial charge in [-0.1, -0.05) is 35.2 Å². The van der Waals surface area contributed by atoms with Crippen LogP contribution in [-0.4, -0.2) is 21.4 Å². The van der Waals surface area contributed by atoms with E-state index < -0.39 is 22.9 Å². The highest BCUT2D eigenvalue weighted by Crippen LogP contribution is 2.35. The van der Waals surface area contributed by atoms with E-state index in [1.54, 1.807) is 13.8 Å². The Morgan fingerprint density at radius 1 is 1.32 bits per heavy atom. The molecule has 22 heavy (non-hydrogen) atoms. The maximum atomic E-state index is 12.9. The normalized spacial score (nSPS) is 13.0. The summed E-state index contributed by atoms with van der Waals surface area (Å²) in [5, 5.41) is 10.2. The van der Waals surface area contributed by atoms with Crippen LogP contribution >= 0.6 is 23.1 Å². The smallest absolute Gasteiger partial charge is 0.325 e. The van der Waals surface area contributed by atoms with Crippen molar-refractivity contribution in [2.45, 2.75) is 29.6 Å². The number of para-hydroxylation sites is 1. The molecule has 0 aliphatic heterocycles. The van der Waals surface area contributed by atoms with Crippen LogP contribution in [-0.2, 0) is 11.0 Å². The van der Waals surface area contributed by atoms with E-state index in [-0.39, 0.29) is 5.69 Å². The van der Waals surface area contributed by atoms with Gasteiger partial charge in [-0.15, -0.1) is 10.2 Å². The fourth-order valence-corrected chi connectivity index (χ4v) is 3.56. The number of carbonyl (C=O) groups excluding carboxylic acids is 1. The topological polar surface area (TPSA) is 54.9 Å². The summed E-state index contributed by atoms with van der Waals surface area (Å²) in [7, 11) is 0. The molecular weight excluding hydrogens is 335 g/mol. The number of benzene rings is 1. The molecule has 9 heteroatoms. The van der Waals surface area contributed by atoms with Crippen LogP contribution in [0.15, 0.2) is 28.6 Å². The van der Waals surface area contributed by atoms with Crippen LogP contribution in [0, 0.1) is 6.92 Å². The summed E-state index contributed by atoms with van der Waals surface area (Å²) < 4.78 is 39.2. The predicted octanol–water partition coefficient (Wildman–Crippen LogP) is 3.98. The summed E-state index contributed by atoms with van der Waals surface area (Å²) in [5.41, 5.74) is -1.12. The first kappa shape index (κ1) is 16.8. The molecule has 0 radical (unpaired) electrons. The number of hydrogen-bond acceptors (Lipinski definition) is 5. The molecular formula is C13H12F3N3OS2. The van der Waals surface area contributed by atoms with Gasteiger partial charge in [0.15, 0.2) is 4.34 Å². The zero-order chi connectivity index (χ0) is 16.3. The van der Waals surface area contributed by atoms with E-state index in [1.807, 2.05) is 0 Å². The number of anilines is 1. The zero-order valence-corrected chi connectivity index (χ0v) is 13.3. The number of thioether (sulfide) groups is 1. The van der Waals surface area contributed by atoms with Gasteiger partial charge in [0.05, 0.1) is 16.5 Å². The van der Waals surface area contributed by atoms with Gasteiger partial charge in [-0.3, -0.25) is 4.79 Å². The molecule has 2 aromatic rings. The number of aromatic nitrogens is 2. The van der Waals surface area contributed by atoms with E-state index in [4.69, 9.17) is 0 Å². The number of carbonyl (C=O) groups is 1. The third-order valence-corrected chi connectivity index (χ3v) is 4.67. The highest BCUT2D eigenvalue weighted by atomic mass is 32.2. The average Bonchev–Trinajstić information content (AvgIpc) is 2.83. The van der Waals surface area contributed by atoms with Gasteiger partial charge in [-0.05, 0) is 26.0 Å². The van der Waals surface area contributed by atoms with Crippen molar-refractivity contribution in [2.75, 3.05) is 5.32 Å². The fourth-order valence-electron chi connectivity index (χ4n) is 1.60. The molecule has 0 fully saturated rings. The Morgan fingerprint density at radius 3 is 2.59 bits per heavy atom. The zero-order valence-electron chi connectivity index (χ0n) is 11.6. The predicted molar refractivity (Wildman–Crippen MR) is 80.0 cm³/mol. The second-order valence-corrected chi connectivity index (χ2v) is 7.15. The van der Waals surface area contributed by atoms with Crippen LogP contribution in [0.2, 0.25) is 0 Å². The lowest BCUT2D eigenvalue weighted by Gasteiger charge is -2.15. The van der Waals surface area contributed by atoms with Gasteiger partial charge in [0.25, 0.3) is 0 Å². The van der Waals surface area contributed by atoms with Crippen LogP contribution in [0.3, 0.4) is 0 Å². The summed E-state index contributed by atoms with van der Waals surface area (Å²) in [4.78, 5) is 12.1. The molecule has 0 aliphatic carbocycles. The first-order valence-corrected chi connectivity index (χ1v) is 7.91. The Hall–Kier alpha value is -1.61. The number of amides is 1. The van der Waals surface area contributed by atoms with Crippen LogP contribution in [0.25, 0.3) is 0 Å². The number of aryl methyl sites for hydroxylation is 1. The van der Waals surface area contributed by atoms with Crippen molar-refractivity contribution in [3.8, 4) is 0 Å². The molecule has 1 aromatic carbocycles. The SMILES string of the molecule is Cc1nnc(SC(C)C(=O)Nc2ccccc2C(F)(F)F)s1. The van der Waals surface area contributed by atoms with E-state index >= 15 is 0 Å². The van der Waals surface area contributed by atoms with Crippen molar-refractivity contribution in [3.63, 3.8) is 0 Å². The number of hydrogen-bond donors (Lipinski definition) is 1. The minimum atomic E-state index is -4.52. The van der Waals surface area contributed by atoms with Crippen molar-refractivity contribution in [1.29, 1.82) is 0 Å². The summed E-state index contributed by atoms with van der Waals surface area (Å²) in [6, 6.07) is 4.88. The van der Waals surface area contributed by atoms with Crippen LogP contribution in [0.1, 0.15) is 17.5 Å². The summed E-state index contributed by atoms with van der Waals surface area (Å²) >= 11 is 2.48. The highest BCUT2D eigenvalue weighted by molar-refractivity contribution is 8.02. The Bertz CT molecular complexity index is 673. The first-order chi connectivity index (χ1) is 10.3. The molecule has 1 unspecified atom stereocenters. The van der Waals surface area contributed by atoms with Crippen molar-refractivity contribution >= 4 is 34.7 Å². The standard InChI is InChI=1S/C13H12F3N3OS2/c1-7(21-12-19-18-8(2)22-12)11(20)17-10-6-4-3-5-9(10)13(14,15)16/h3-7H,1-2H3,(H,17,20). The second kappa shape index (κ2) is 6.66. The minimum absolute atomic E-state index is 0.249. The van der Waals surface area contributed by atoms with Crippen LogP contribution in [0.4, 0.5) is 18.9 Å². The van der Waals surface area contributed by atoms with E-state index in [0.717, 1.165) is 22.8 Å². The highest BCUT2D eigenvalue weighted by Gasteiger charge is 2.33. The quantitative estimate of drug-likeness (QED) is 0.850. The Morgan fingerprint density at radius 2 is 2.00 bits per heavy atom. The van der Waals surface area contributed by atoms with Crippen LogP contribution in [0.5, 0.6) is 0 Å². The second-order valence-electron chi connectivity index (χ2n) is 4.38. The van der Waals surface area contributed by atoms with E-state index in [9.17, 15) is 18.0 Å². The maximum absolute atomic E-state index is 12.9. The van der Waals surface area contributed by atoms with Crippen LogP contribution < -0.4 is 5.32 Å². The maximum Gasteiger partial charge on any atom is 0.418 e. The minimum Gasteiger partial charge on any atom is -0.325 e. The van der Waals surface area contributed by atoms with E-state index in [0.29, 0.717) is 4.34 Å². The van der Waals surface area contributed by atoms with Gasteiger partial charge < -0.3 is 5.32 Å². The Kier molecular flexibility index (Phi) is 5.07. The lowest BCUT2D eigenvalue weighted by atomic mass is 10.1. The average molecular weight is 347 g/mol. The molecule has 1 aromatic heterocycles. The largest absolute Gasteiger partial charge is 0.418 e.